The lowest BCUT2D eigenvalue weighted by atomic mass is 10.1. The van der Waals surface area contributed by atoms with Gasteiger partial charge >= 0.3 is 0 Å². The fraction of sp³-hybridized carbons (Fsp3) is 0.308. The number of thiophene rings is 1. The highest BCUT2D eigenvalue weighted by molar-refractivity contribution is 9.10. The minimum Gasteiger partial charge on any atom is -0.356 e. The molecule has 1 atom stereocenters. The molecule has 0 saturated carbocycles. The number of aromatic nitrogens is 1. The van der Waals surface area contributed by atoms with Crippen LogP contribution in [-0.2, 0) is 0 Å². The summed E-state index contributed by atoms with van der Waals surface area (Å²) in [4.78, 5) is 17.5. The molecule has 2 aromatic rings. The van der Waals surface area contributed by atoms with Crippen LogP contribution in [0.4, 0.5) is 0 Å². The van der Waals surface area contributed by atoms with E-state index in [9.17, 15) is 4.79 Å². The third kappa shape index (κ3) is 2.84. The molecule has 2 aromatic heterocycles. The summed E-state index contributed by atoms with van der Waals surface area (Å²) in [6, 6.07) is 3.92. The highest BCUT2D eigenvalue weighted by atomic mass is 79.9. The van der Waals surface area contributed by atoms with Crippen molar-refractivity contribution in [2.75, 3.05) is 0 Å². The van der Waals surface area contributed by atoms with E-state index in [0.29, 0.717) is 5.69 Å². The van der Waals surface area contributed by atoms with Crippen LogP contribution in [0.5, 0.6) is 0 Å². The number of carbonyl (C=O) groups is 1. The Kier molecular flexibility index (Phi) is 3.92. The summed E-state index contributed by atoms with van der Waals surface area (Å²) in [6.45, 7) is 6.17. The van der Waals surface area contributed by atoms with E-state index < -0.39 is 0 Å². The van der Waals surface area contributed by atoms with Crippen molar-refractivity contribution in [1.82, 2.24) is 10.3 Å². The number of H-pyrrole nitrogens is 1. The number of nitrogens with one attached hydrogen (secondary N) is 2. The first-order valence-electron chi connectivity index (χ1n) is 5.69. The van der Waals surface area contributed by atoms with Crippen molar-refractivity contribution in [2.24, 2.45) is 0 Å². The summed E-state index contributed by atoms with van der Waals surface area (Å²) in [5.74, 6) is -0.0866. The molecule has 0 spiro atoms. The zero-order valence-corrected chi connectivity index (χ0v) is 12.9. The number of hydrogen-bond donors (Lipinski definition) is 2. The molecule has 96 valence electrons. The molecular formula is C13H15BrN2OS. The van der Waals surface area contributed by atoms with Gasteiger partial charge in [0.2, 0.25) is 0 Å². The molecule has 3 nitrogen and oxygen atoms in total. The van der Waals surface area contributed by atoms with Crippen LogP contribution in [0.3, 0.4) is 0 Å². The number of hydrogen-bond acceptors (Lipinski definition) is 2. The van der Waals surface area contributed by atoms with Gasteiger partial charge in [0.1, 0.15) is 5.69 Å². The summed E-state index contributed by atoms with van der Waals surface area (Å²) >= 11 is 5.07. The molecule has 1 unspecified atom stereocenters. The fourth-order valence-electron chi connectivity index (χ4n) is 1.93. The number of aromatic amines is 1. The summed E-state index contributed by atoms with van der Waals surface area (Å²) < 4.78 is 0.878. The maximum Gasteiger partial charge on any atom is 0.268 e. The van der Waals surface area contributed by atoms with E-state index in [2.05, 4.69) is 46.1 Å². The SMILES string of the molecule is Cc1cc(C(C)NC(=O)c2cc(Br)c[nH]2)c(C)s1. The minimum atomic E-state index is -0.0866. The molecule has 0 aromatic carbocycles. The first kappa shape index (κ1) is 13.4. The van der Waals surface area contributed by atoms with Crippen LogP contribution in [0.15, 0.2) is 22.8 Å². The monoisotopic (exact) mass is 326 g/mol. The Balaban J connectivity index is 2.10. The normalized spacial score (nSPS) is 12.4. The molecule has 1 amide bonds. The maximum atomic E-state index is 12.0. The van der Waals surface area contributed by atoms with Gasteiger partial charge in [-0.15, -0.1) is 11.3 Å². The Hall–Kier alpha value is -1.07. The largest absolute Gasteiger partial charge is 0.356 e. The molecule has 2 rings (SSSR count). The first-order valence-corrected chi connectivity index (χ1v) is 7.30. The van der Waals surface area contributed by atoms with Gasteiger partial charge in [0.05, 0.1) is 6.04 Å². The zero-order valence-electron chi connectivity index (χ0n) is 10.5. The summed E-state index contributed by atoms with van der Waals surface area (Å²) in [5.41, 5.74) is 1.76. The lowest BCUT2D eigenvalue weighted by Crippen LogP contribution is -2.26. The van der Waals surface area contributed by atoms with Crippen molar-refractivity contribution in [3.8, 4) is 0 Å². The number of carbonyl (C=O) groups excluding carboxylic acids is 1. The van der Waals surface area contributed by atoms with E-state index in [1.54, 1.807) is 23.6 Å². The lowest BCUT2D eigenvalue weighted by molar-refractivity contribution is 0.0935. The first-order chi connectivity index (χ1) is 8.47. The molecule has 0 bridgehead atoms. The van der Waals surface area contributed by atoms with Crippen LogP contribution in [-0.4, -0.2) is 10.9 Å². The Labute approximate surface area is 119 Å². The summed E-state index contributed by atoms with van der Waals surface area (Å²) in [5, 5.41) is 3.00. The number of halogens is 1. The topological polar surface area (TPSA) is 44.9 Å². The van der Waals surface area contributed by atoms with E-state index in [-0.39, 0.29) is 11.9 Å². The van der Waals surface area contributed by atoms with Gasteiger partial charge in [0, 0.05) is 20.4 Å². The highest BCUT2D eigenvalue weighted by Gasteiger charge is 2.15. The molecular weight excluding hydrogens is 312 g/mol. The van der Waals surface area contributed by atoms with Crippen LogP contribution < -0.4 is 5.32 Å². The van der Waals surface area contributed by atoms with Crippen LogP contribution in [0.25, 0.3) is 0 Å². The zero-order chi connectivity index (χ0) is 13.3. The van der Waals surface area contributed by atoms with Gasteiger partial charge in [0.25, 0.3) is 5.91 Å². The van der Waals surface area contributed by atoms with Crippen LogP contribution >= 0.6 is 27.3 Å². The molecule has 2 heterocycles. The standard InChI is InChI=1S/C13H15BrN2OS/c1-7-4-11(9(3)18-7)8(2)16-13(17)12-5-10(14)6-15-12/h4-6,8,15H,1-3H3,(H,16,17). The molecule has 0 saturated heterocycles. The predicted octanol–water partition coefficient (Wildman–Crippen LogP) is 3.95. The van der Waals surface area contributed by atoms with E-state index in [4.69, 9.17) is 0 Å². The summed E-state index contributed by atoms with van der Waals surface area (Å²) in [6.07, 6.45) is 1.75. The Bertz CT molecular complexity index is 573. The second-order valence-electron chi connectivity index (χ2n) is 4.30. The Morgan fingerprint density at radius 2 is 2.17 bits per heavy atom. The number of aryl methyl sites for hydroxylation is 2. The average Bonchev–Trinajstić information content (AvgIpc) is 2.84. The summed E-state index contributed by atoms with van der Waals surface area (Å²) in [7, 11) is 0. The molecule has 18 heavy (non-hydrogen) atoms. The predicted molar refractivity (Wildman–Crippen MR) is 78.2 cm³/mol. The Morgan fingerprint density at radius 1 is 1.44 bits per heavy atom. The molecule has 0 radical (unpaired) electrons. The number of amides is 1. The van der Waals surface area contributed by atoms with Gasteiger partial charge in [0.15, 0.2) is 0 Å². The van der Waals surface area contributed by atoms with E-state index in [1.807, 2.05) is 6.92 Å². The quantitative estimate of drug-likeness (QED) is 0.881. The van der Waals surface area contributed by atoms with E-state index >= 15 is 0 Å². The molecule has 0 aliphatic rings. The van der Waals surface area contributed by atoms with Gasteiger partial charge in [-0.2, -0.15) is 0 Å². The third-order valence-electron chi connectivity index (χ3n) is 2.79. The Morgan fingerprint density at radius 3 is 2.67 bits per heavy atom. The van der Waals surface area contributed by atoms with Gasteiger partial charge in [-0.25, -0.2) is 0 Å². The molecule has 0 aliphatic carbocycles. The van der Waals surface area contributed by atoms with E-state index in [0.717, 1.165) is 4.47 Å². The van der Waals surface area contributed by atoms with Gasteiger partial charge < -0.3 is 10.3 Å². The van der Waals surface area contributed by atoms with E-state index in [1.165, 1.54) is 15.3 Å². The molecule has 0 fully saturated rings. The fourth-order valence-corrected chi connectivity index (χ4v) is 3.30. The van der Waals surface area contributed by atoms with Crippen molar-refractivity contribution in [3.05, 3.63) is 43.8 Å². The van der Waals surface area contributed by atoms with Gasteiger partial charge in [-0.1, -0.05) is 0 Å². The van der Waals surface area contributed by atoms with Crippen LogP contribution in [0.2, 0.25) is 0 Å². The maximum absolute atomic E-state index is 12.0. The second kappa shape index (κ2) is 5.28. The van der Waals surface area contributed by atoms with Crippen molar-refractivity contribution >= 4 is 33.2 Å². The lowest BCUT2D eigenvalue weighted by Gasteiger charge is -2.13. The van der Waals surface area contributed by atoms with Crippen LogP contribution in [0, 0.1) is 13.8 Å². The van der Waals surface area contributed by atoms with Gasteiger partial charge in [-0.05, 0) is 54.4 Å². The van der Waals surface area contributed by atoms with Crippen molar-refractivity contribution in [1.29, 1.82) is 0 Å². The van der Waals surface area contributed by atoms with Crippen molar-refractivity contribution in [2.45, 2.75) is 26.8 Å². The van der Waals surface area contributed by atoms with Crippen molar-refractivity contribution in [3.63, 3.8) is 0 Å². The third-order valence-corrected chi connectivity index (χ3v) is 4.23. The molecule has 5 heteroatoms. The van der Waals surface area contributed by atoms with Crippen LogP contribution in [0.1, 0.15) is 38.8 Å². The smallest absolute Gasteiger partial charge is 0.268 e. The molecule has 2 N–H and O–H groups in total. The highest BCUT2D eigenvalue weighted by Crippen LogP contribution is 2.26. The molecule has 0 aliphatic heterocycles. The second-order valence-corrected chi connectivity index (χ2v) is 6.67. The minimum absolute atomic E-state index is 0.0181. The average molecular weight is 327 g/mol. The van der Waals surface area contributed by atoms with Gasteiger partial charge in [-0.3, -0.25) is 4.79 Å². The number of rotatable bonds is 3. The van der Waals surface area contributed by atoms with Crippen molar-refractivity contribution < 1.29 is 4.79 Å².